The highest BCUT2D eigenvalue weighted by Gasteiger charge is 2.36. The first kappa shape index (κ1) is 98.8. The average molecular weight is 1820 g/mol. The van der Waals surface area contributed by atoms with Gasteiger partial charge < -0.3 is 25.7 Å². The van der Waals surface area contributed by atoms with Gasteiger partial charge in [-0.05, 0) is 250 Å². The molecule has 134 heavy (non-hydrogen) atoms. The van der Waals surface area contributed by atoms with E-state index >= 15 is 0 Å². The van der Waals surface area contributed by atoms with Crippen LogP contribution >= 0.6 is 0 Å². The maximum absolute atomic E-state index is 13.0. The number of hydrogen-bond acceptors (Lipinski definition) is 15. The normalized spacial score (nSPS) is 21.7. The van der Waals surface area contributed by atoms with Crippen LogP contribution in [0.3, 0.4) is 0 Å². The summed E-state index contributed by atoms with van der Waals surface area (Å²) in [5.74, 6) is 5.38. The molecule has 22 nitrogen and oxygen atoms in total. The molecule has 8 fully saturated rings. The average Bonchev–Trinajstić information content (AvgIpc) is 1.18. The fraction of sp³-hybridized carbons (Fsp3) is 0.378. The number of aliphatic hydroxyl groups excluding tert-OH is 2. The number of nitrogens with zero attached hydrogens (tertiary/aromatic N) is 11. The van der Waals surface area contributed by atoms with E-state index in [0.717, 1.165) is 187 Å². The Balaban J connectivity index is 0.000000138. The van der Waals surface area contributed by atoms with E-state index in [9.17, 15) is 37.5 Å². The van der Waals surface area contributed by atoms with Crippen LogP contribution in [0.25, 0.3) is 76.5 Å². The topological polar surface area (TPSA) is 330 Å². The summed E-state index contributed by atoms with van der Waals surface area (Å²) >= 11 is 0. The minimum atomic E-state index is -3.43. The molecule has 8 aliphatic rings. The zero-order chi connectivity index (χ0) is 94.3. The third-order valence-corrected chi connectivity index (χ3v) is 27.4. The Bertz CT molecular complexity index is 5870. The zero-order valence-electron chi connectivity index (χ0n) is 77.0. The summed E-state index contributed by atoms with van der Waals surface area (Å²) in [5, 5.41) is 34.6. The van der Waals surface area contributed by atoms with Gasteiger partial charge in [0.25, 0.3) is 21.9 Å². The standard InChI is InChI=1S/C24H26N4O.C20H22O4S.C19H20N4O.C19H19N3O.C19H20O2.C5H11NO.C5H6/c1-27(21-13-14-22(15-21)28-16-23(25-26-28)19-9-10-19)24(29)20-11-7-18(8-12-20)17-5-3-2-4-6-17;1-25(22,23)24-19-12-7-15(13-19)14-20(21)18-10-8-17(9-11-18)16-5-3-2-4-6-16;1-23(18-12-11-17(13-18)21-22-20)19(24)16-9-7-15(8-10-16)14-5-3-2-4-6-14;20-22-21-18-11-6-14(12-18)13-19(23)17-9-7-16(8-10-17)15-4-2-1-3-5-15;20-18-11-6-14(12-18)13-19(21)17-9-7-16(8-10-17)15-4-2-1-3-5-15;6-4-1-2-5(7)3-4;1-2-5-3-4-5/h2-8,11-12,16,19,21-22H,9-10,13-15H2,1H3;2-6,8-11,15,19H,7,12-14H2,1H3;2-10,17-18H,11-13H2,1H3;1-5,7-10,14,18H,6,11-13H2;1-5,7-10,14,18,20H,6,11-13H2;4-5,7H,1-3,6H2;1,5H,3-4H2/t21-,22+;15-,19-;17-,18+;14-,18+;14-,18-;4-,5-;/m110111./s1. The fourth-order valence-electron chi connectivity index (χ4n) is 18.7. The van der Waals surface area contributed by atoms with Crippen LogP contribution < -0.4 is 5.73 Å². The predicted molar refractivity (Wildman–Crippen MR) is 530 cm³/mol. The minimum Gasteiger partial charge on any atom is -0.393 e. The zero-order valence-corrected chi connectivity index (χ0v) is 77.8. The van der Waals surface area contributed by atoms with Crippen molar-refractivity contribution in [3.63, 3.8) is 0 Å². The van der Waals surface area contributed by atoms with E-state index in [1.54, 1.807) is 4.90 Å². The lowest BCUT2D eigenvalue weighted by molar-refractivity contribution is 0.0725. The number of aromatic nitrogens is 3. The molecule has 0 radical (unpaired) electrons. The number of carbonyl (C=O) groups is 5. The molecule has 10 aromatic carbocycles. The molecule has 2 amide bonds. The summed E-state index contributed by atoms with van der Waals surface area (Å²) in [5.41, 5.74) is 38.6. The second kappa shape index (κ2) is 49.3. The molecule has 0 aliphatic heterocycles. The molecule has 11 aromatic rings. The Kier molecular flexibility index (Phi) is 36.3. The highest BCUT2D eigenvalue weighted by Crippen LogP contribution is 2.42. The molecule has 12 atom stereocenters. The summed E-state index contributed by atoms with van der Waals surface area (Å²) < 4.78 is 29.5. The second-order valence-corrected chi connectivity index (χ2v) is 38.5. The molecule has 4 N–H and O–H groups in total. The molecule has 23 heteroatoms. The Morgan fingerprint density at radius 3 is 1.11 bits per heavy atom. The maximum atomic E-state index is 13.0. The molecule has 8 aliphatic carbocycles. The minimum absolute atomic E-state index is 0.00991. The largest absolute Gasteiger partial charge is 0.393 e. The highest BCUT2D eigenvalue weighted by molar-refractivity contribution is 7.86. The van der Waals surface area contributed by atoms with E-state index in [1.165, 1.54) is 25.7 Å². The molecule has 0 unspecified atom stereocenters. The Hall–Kier alpha value is -12.7. The molecule has 694 valence electrons. The van der Waals surface area contributed by atoms with Crippen molar-refractivity contribution in [3.05, 3.63) is 334 Å². The van der Waals surface area contributed by atoms with Crippen molar-refractivity contribution < 1.29 is 46.8 Å². The Morgan fingerprint density at radius 2 is 0.769 bits per heavy atom. The van der Waals surface area contributed by atoms with Crippen molar-refractivity contribution in [1.29, 1.82) is 0 Å². The first-order valence-electron chi connectivity index (χ1n) is 47.4. The van der Waals surface area contributed by atoms with Gasteiger partial charge in [0.05, 0.1) is 36.3 Å². The molecule has 0 spiro atoms. The van der Waals surface area contributed by atoms with Gasteiger partial charge in [0, 0.05) is 119 Å². The Labute approximate surface area is 788 Å². The molecule has 19 rings (SSSR count). The molecule has 0 saturated heterocycles. The SMILES string of the molecule is C#CC1CC1.CN(C(=O)c1ccc(-c2ccccc2)cc1)[C@@H]1CC[C@H](N=[N+]=[N-])C1.CN(C(=O)c1ccc(-c2ccccc2)cc1)[C@@H]1CC[C@H](n2cc(C3CC3)nn2)C1.CS(=O)(=O)O[C@@H]1CC[C@@H](CC(=O)c2ccc(-c3ccccc3)cc2)C1.N[C@@H]1CC[C@@H](O)C1.O=C(C[C@@H]1CC[C@@H](O)C1)c1ccc(-c2ccccc2)cc1.[N-]=[N+]=N[C@H]1CC[C@@H](CC(=O)c2ccc(-c3ccccc3)cc2)C1. The number of Topliss-reactive ketones (excluding diaryl/α,β-unsaturated/α-hetero) is 3. The lowest BCUT2D eigenvalue weighted by Crippen LogP contribution is -2.35. The number of carbonyl (C=O) groups excluding carboxylic acids is 5. The monoisotopic (exact) mass is 1820 g/mol. The third kappa shape index (κ3) is 30.1. The number of nitrogens with two attached hydrogens (primary N) is 1. The number of rotatable bonds is 24. The third-order valence-electron chi connectivity index (χ3n) is 26.8. The number of ketones is 3. The number of azide groups is 2. The number of aliphatic hydroxyl groups is 2. The van der Waals surface area contributed by atoms with Gasteiger partial charge in [-0.3, -0.25) is 28.2 Å². The second-order valence-electron chi connectivity index (χ2n) is 36.9. The molecule has 1 heterocycles. The number of terminal acetylenes is 1. The highest BCUT2D eigenvalue weighted by atomic mass is 32.2. The number of amides is 2. The van der Waals surface area contributed by atoms with E-state index in [0.29, 0.717) is 72.9 Å². The van der Waals surface area contributed by atoms with Gasteiger partial charge in [-0.1, -0.05) is 264 Å². The van der Waals surface area contributed by atoms with Crippen LogP contribution in [0.1, 0.15) is 230 Å². The van der Waals surface area contributed by atoms with Crippen LogP contribution in [0.2, 0.25) is 0 Å². The van der Waals surface area contributed by atoms with Crippen LogP contribution in [-0.4, -0.2) is 141 Å². The maximum Gasteiger partial charge on any atom is 0.264 e. The summed E-state index contributed by atoms with van der Waals surface area (Å²) in [6, 6.07) is 90.7. The molecule has 8 saturated carbocycles. The van der Waals surface area contributed by atoms with Crippen molar-refractivity contribution in [2.75, 3.05) is 20.4 Å². The van der Waals surface area contributed by atoms with E-state index in [-0.39, 0.29) is 83.6 Å². The van der Waals surface area contributed by atoms with Gasteiger partial charge in [0.15, 0.2) is 17.3 Å². The number of benzene rings is 10. The molecular weight excluding hydrogens is 1690 g/mol. The summed E-state index contributed by atoms with van der Waals surface area (Å²) in [6.07, 6.45) is 29.8. The quantitative estimate of drug-likeness (QED) is 0.0127. The number of hydrogen-bond donors (Lipinski definition) is 3. The predicted octanol–water partition coefficient (Wildman–Crippen LogP) is 23.8. The van der Waals surface area contributed by atoms with Crippen LogP contribution in [0, 0.1) is 36.0 Å². The first-order chi connectivity index (χ1) is 65.0. The van der Waals surface area contributed by atoms with E-state index in [4.69, 9.17) is 32.5 Å². The van der Waals surface area contributed by atoms with Crippen LogP contribution in [0.15, 0.2) is 289 Å². The smallest absolute Gasteiger partial charge is 0.264 e. The van der Waals surface area contributed by atoms with Crippen molar-refractivity contribution in [2.24, 2.45) is 39.6 Å². The molecule has 1 aromatic heterocycles. The summed E-state index contributed by atoms with van der Waals surface area (Å²) in [6.45, 7) is 0. The van der Waals surface area contributed by atoms with E-state index in [1.807, 2.05) is 248 Å². The van der Waals surface area contributed by atoms with Gasteiger partial charge in [-0.2, -0.15) is 8.42 Å². The lowest BCUT2D eigenvalue weighted by atomic mass is 9.95. The first-order valence-corrected chi connectivity index (χ1v) is 49.2. The van der Waals surface area contributed by atoms with E-state index < -0.39 is 10.1 Å². The van der Waals surface area contributed by atoms with Crippen molar-refractivity contribution in [1.82, 2.24) is 24.8 Å². The van der Waals surface area contributed by atoms with Gasteiger partial charge in [-0.15, -0.1) is 17.4 Å². The fourth-order valence-corrected chi connectivity index (χ4v) is 19.3. The van der Waals surface area contributed by atoms with Crippen molar-refractivity contribution in [2.45, 2.75) is 221 Å². The van der Waals surface area contributed by atoms with Gasteiger partial charge >= 0.3 is 0 Å². The van der Waals surface area contributed by atoms with Crippen LogP contribution in [-0.2, 0) is 14.3 Å². The molecular formula is C111H124N12O10S. The van der Waals surface area contributed by atoms with E-state index in [2.05, 4.69) is 91.0 Å². The van der Waals surface area contributed by atoms with Gasteiger partial charge in [-0.25, -0.2) is 4.68 Å². The van der Waals surface area contributed by atoms with Crippen LogP contribution in [0.5, 0.6) is 0 Å². The van der Waals surface area contributed by atoms with Gasteiger partial charge in [0.2, 0.25) is 0 Å². The van der Waals surface area contributed by atoms with Gasteiger partial charge in [0.1, 0.15) is 0 Å². The summed E-state index contributed by atoms with van der Waals surface area (Å²) in [7, 11) is 0.330. The van der Waals surface area contributed by atoms with Crippen molar-refractivity contribution in [3.8, 4) is 68.0 Å². The molecule has 0 bridgehead atoms. The Morgan fingerprint density at radius 1 is 0.425 bits per heavy atom. The van der Waals surface area contributed by atoms with Crippen LogP contribution in [0.4, 0.5) is 0 Å². The lowest BCUT2D eigenvalue weighted by Gasteiger charge is -2.25. The summed E-state index contributed by atoms with van der Waals surface area (Å²) in [4.78, 5) is 72.3. The van der Waals surface area contributed by atoms with Crippen molar-refractivity contribution >= 4 is 39.3 Å².